The summed E-state index contributed by atoms with van der Waals surface area (Å²) in [4.78, 5) is 20.7. The van der Waals surface area contributed by atoms with Gasteiger partial charge in [0.15, 0.2) is 0 Å². The third-order valence-corrected chi connectivity index (χ3v) is 3.84. The van der Waals surface area contributed by atoms with Crippen LogP contribution in [0.5, 0.6) is 5.88 Å². The summed E-state index contributed by atoms with van der Waals surface area (Å²) >= 11 is 5.90. The standard InChI is InChI=1S/C18H18ClN5O2/c1-3-26-16-10-13(8-9-20-16)11-21-18(25)17-22-12(2)24(23-17)15-6-4-14(19)5-7-15/h4-10H,3,11H2,1-2H3,(H,21,25). The summed E-state index contributed by atoms with van der Waals surface area (Å²) in [6, 6.07) is 10.8. The molecule has 0 aliphatic rings. The largest absolute Gasteiger partial charge is 0.478 e. The number of ether oxygens (including phenoxy) is 1. The Labute approximate surface area is 156 Å². The topological polar surface area (TPSA) is 81.9 Å². The second-order valence-corrected chi connectivity index (χ2v) is 5.93. The van der Waals surface area contributed by atoms with Crippen molar-refractivity contribution < 1.29 is 9.53 Å². The molecular weight excluding hydrogens is 354 g/mol. The monoisotopic (exact) mass is 371 g/mol. The van der Waals surface area contributed by atoms with Crippen LogP contribution in [0.1, 0.15) is 28.9 Å². The molecule has 2 heterocycles. The first-order chi connectivity index (χ1) is 12.6. The van der Waals surface area contributed by atoms with E-state index in [9.17, 15) is 4.79 Å². The van der Waals surface area contributed by atoms with Crippen LogP contribution >= 0.6 is 11.6 Å². The van der Waals surface area contributed by atoms with E-state index in [0.29, 0.717) is 29.9 Å². The minimum atomic E-state index is -0.351. The van der Waals surface area contributed by atoms with Gasteiger partial charge in [0, 0.05) is 23.8 Å². The van der Waals surface area contributed by atoms with Crippen LogP contribution in [0.3, 0.4) is 0 Å². The van der Waals surface area contributed by atoms with Gasteiger partial charge < -0.3 is 10.1 Å². The number of nitrogens with one attached hydrogen (secondary N) is 1. The number of aromatic nitrogens is 4. The van der Waals surface area contributed by atoms with E-state index in [1.807, 2.05) is 25.1 Å². The minimum Gasteiger partial charge on any atom is -0.478 e. The molecule has 0 aliphatic carbocycles. The van der Waals surface area contributed by atoms with Crippen LogP contribution in [0.15, 0.2) is 42.6 Å². The number of amides is 1. The zero-order chi connectivity index (χ0) is 18.5. The van der Waals surface area contributed by atoms with Gasteiger partial charge in [-0.25, -0.2) is 14.6 Å². The van der Waals surface area contributed by atoms with Gasteiger partial charge in [-0.15, -0.1) is 5.10 Å². The van der Waals surface area contributed by atoms with Crippen LogP contribution in [0, 0.1) is 6.92 Å². The van der Waals surface area contributed by atoms with Gasteiger partial charge in [0.1, 0.15) is 5.82 Å². The highest BCUT2D eigenvalue weighted by molar-refractivity contribution is 6.30. The Morgan fingerprint density at radius 3 is 2.77 bits per heavy atom. The second-order valence-electron chi connectivity index (χ2n) is 5.49. The highest BCUT2D eigenvalue weighted by Gasteiger charge is 2.15. The Kier molecular flexibility index (Phi) is 5.48. The predicted octanol–water partition coefficient (Wildman–Crippen LogP) is 2.95. The highest BCUT2D eigenvalue weighted by atomic mass is 35.5. The number of rotatable bonds is 6. The maximum Gasteiger partial charge on any atom is 0.291 e. The molecule has 1 aromatic carbocycles. The average molecular weight is 372 g/mol. The fraction of sp³-hybridized carbons (Fsp3) is 0.222. The fourth-order valence-corrected chi connectivity index (χ4v) is 2.49. The predicted molar refractivity (Wildman–Crippen MR) is 97.7 cm³/mol. The molecule has 26 heavy (non-hydrogen) atoms. The van der Waals surface area contributed by atoms with E-state index in [1.54, 1.807) is 36.0 Å². The normalized spacial score (nSPS) is 10.6. The Hall–Kier alpha value is -2.93. The van der Waals surface area contributed by atoms with Gasteiger partial charge in [-0.3, -0.25) is 4.79 Å². The Balaban J connectivity index is 1.70. The summed E-state index contributed by atoms with van der Waals surface area (Å²) in [6.07, 6.45) is 1.64. The van der Waals surface area contributed by atoms with Crippen molar-refractivity contribution in [1.82, 2.24) is 25.1 Å². The van der Waals surface area contributed by atoms with E-state index < -0.39 is 0 Å². The molecule has 3 rings (SSSR count). The number of pyridine rings is 1. The van der Waals surface area contributed by atoms with E-state index in [1.165, 1.54) is 0 Å². The molecule has 8 heteroatoms. The molecule has 0 fully saturated rings. The molecule has 0 atom stereocenters. The van der Waals surface area contributed by atoms with Crippen molar-refractivity contribution in [3.63, 3.8) is 0 Å². The van der Waals surface area contributed by atoms with Crippen molar-refractivity contribution in [1.29, 1.82) is 0 Å². The van der Waals surface area contributed by atoms with Gasteiger partial charge in [0.25, 0.3) is 5.91 Å². The van der Waals surface area contributed by atoms with Crippen LogP contribution in [0.4, 0.5) is 0 Å². The number of hydrogen-bond donors (Lipinski definition) is 1. The lowest BCUT2D eigenvalue weighted by atomic mass is 10.2. The first-order valence-corrected chi connectivity index (χ1v) is 8.50. The van der Waals surface area contributed by atoms with Crippen molar-refractivity contribution in [2.24, 2.45) is 0 Å². The van der Waals surface area contributed by atoms with Crippen molar-refractivity contribution in [2.45, 2.75) is 20.4 Å². The molecular formula is C18H18ClN5O2. The van der Waals surface area contributed by atoms with Gasteiger partial charge in [-0.05, 0) is 49.7 Å². The molecule has 0 aliphatic heterocycles. The van der Waals surface area contributed by atoms with Crippen LogP contribution in [0.2, 0.25) is 5.02 Å². The van der Waals surface area contributed by atoms with Gasteiger partial charge in [0.05, 0.1) is 12.3 Å². The quantitative estimate of drug-likeness (QED) is 0.720. The van der Waals surface area contributed by atoms with Crippen LogP contribution in [-0.2, 0) is 6.54 Å². The van der Waals surface area contributed by atoms with Crippen molar-refractivity contribution in [3.05, 3.63) is 64.8 Å². The summed E-state index contributed by atoms with van der Waals surface area (Å²) in [7, 11) is 0. The molecule has 134 valence electrons. The van der Waals surface area contributed by atoms with Crippen molar-refractivity contribution in [3.8, 4) is 11.6 Å². The molecule has 0 saturated heterocycles. The molecule has 0 unspecified atom stereocenters. The number of halogens is 1. The number of carbonyl (C=O) groups excluding carboxylic acids is 1. The van der Waals surface area contributed by atoms with Crippen LogP contribution in [0.25, 0.3) is 5.69 Å². The summed E-state index contributed by atoms with van der Waals surface area (Å²) in [5, 5.41) is 7.72. The Morgan fingerprint density at radius 1 is 1.27 bits per heavy atom. The van der Waals surface area contributed by atoms with Crippen LogP contribution in [-0.4, -0.2) is 32.3 Å². The number of hydrogen-bond acceptors (Lipinski definition) is 5. The van der Waals surface area contributed by atoms with Crippen molar-refractivity contribution >= 4 is 17.5 Å². The smallest absolute Gasteiger partial charge is 0.291 e. The highest BCUT2D eigenvalue weighted by Crippen LogP contribution is 2.14. The zero-order valence-corrected chi connectivity index (χ0v) is 15.2. The number of benzene rings is 1. The van der Waals surface area contributed by atoms with E-state index >= 15 is 0 Å². The molecule has 0 radical (unpaired) electrons. The maximum absolute atomic E-state index is 12.4. The molecule has 1 N–H and O–H groups in total. The second kappa shape index (κ2) is 7.97. The summed E-state index contributed by atoms with van der Waals surface area (Å²) in [5.74, 6) is 0.896. The fourth-order valence-electron chi connectivity index (χ4n) is 2.36. The summed E-state index contributed by atoms with van der Waals surface area (Å²) in [6.45, 7) is 4.54. The minimum absolute atomic E-state index is 0.108. The lowest BCUT2D eigenvalue weighted by Gasteiger charge is -2.05. The van der Waals surface area contributed by atoms with E-state index in [2.05, 4.69) is 20.4 Å². The zero-order valence-electron chi connectivity index (χ0n) is 14.4. The van der Waals surface area contributed by atoms with Gasteiger partial charge in [0.2, 0.25) is 11.7 Å². The average Bonchev–Trinajstić information content (AvgIpc) is 3.03. The molecule has 7 nitrogen and oxygen atoms in total. The number of carbonyl (C=O) groups is 1. The third-order valence-electron chi connectivity index (χ3n) is 3.59. The van der Waals surface area contributed by atoms with E-state index in [4.69, 9.17) is 16.3 Å². The lowest BCUT2D eigenvalue weighted by molar-refractivity contribution is 0.0940. The first-order valence-electron chi connectivity index (χ1n) is 8.12. The SMILES string of the molecule is CCOc1cc(CNC(=O)c2nc(C)n(-c3ccc(Cl)cc3)n2)ccn1. The van der Waals surface area contributed by atoms with E-state index in [-0.39, 0.29) is 11.7 Å². The van der Waals surface area contributed by atoms with Crippen LogP contribution < -0.4 is 10.1 Å². The Morgan fingerprint density at radius 2 is 2.04 bits per heavy atom. The molecule has 3 aromatic rings. The lowest BCUT2D eigenvalue weighted by Crippen LogP contribution is -2.24. The molecule has 2 aromatic heterocycles. The Bertz CT molecular complexity index is 908. The molecule has 1 amide bonds. The summed E-state index contributed by atoms with van der Waals surface area (Å²) < 4.78 is 6.96. The number of nitrogens with zero attached hydrogens (tertiary/aromatic N) is 4. The number of aryl methyl sites for hydroxylation is 1. The van der Waals surface area contributed by atoms with Gasteiger partial charge in [-0.1, -0.05) is 11.6 Å². The summed E-state index contributed by atoms with van der Waals surface area (Å²) in [5.41, 5.74) is 1.67. The molecule has 0 bridgehead atoms. The molecule has 0 spiro atoms. The van der Waals surface area contributed by atoms with Gasteiger partial charge in [-0.2, -0.15) is 0 Å². The molecule has 0 saturated carbocycles. The maximum atomic E-state index is 12.4. The van der Waals surface area contributed by atoms with E-state index in [0.717, 1.165) is 11.3 Å². The van der Waals surface area contributed by atoms with Crippen molar-refractivity contribution in [2.75, 3.05) is 6.61 Å². The first kappa shape index (κ1) is 17.9. The third kappa shape index (κ3) is 4.18. The van der Waals surface area contributed by atoms with Gasteiger partial charge >= 0.3 is 0 Å².